The molecule has 7 nitrogen and oxygen atoms in total. The van der Waals surface area contributed by atoms with Crippen molar-refractivity contribution in [2.45, 2.75) is 24.0 Å². The molecule has 152 valence electrons. The standard InChI is InChI=1S/C20H22N4O3S2/c1-15-9-10-19(28-15)29(26,27)23-12-4-6-16(14-23)20(25)22-17-7-2-3-8-18(17)24-13-5-11-21-24/h2-3,5,7-11,13,16H,4,6,12,14H2,1H3,(H,22,25). The molecule has 3 aromatic rings. The van der Waals surface area contributed by atoms with Gasteiger partial charge in [0.05, 0.1) is 17.3 Å². The molecule has 1 fully saturated rings. The maximum Gasteiger partial charge on any atom is 0.252 e. The van der Waals surface area contributed by atoms with Crippen molar-refractivity contribution in [2.24, 2.45) is 5.92 Å². The van der Waals surface area contributed by atoms with Gasteiger partial charge in [-0.1, -0.05) is 12.1 Å². The second kappa shape index (κ2) is 8.10. The lowest BCUT2D eigenvalue weighted by molar-refractivity contribution is -0.120. The number of hydrogen-bond acceptors (Lipinski definition) is 5. The highest BCUT2D eigenvalue weighted by atomic mass is 32.2. The number of rotatable bonds is 5. The average molecular weight is 431 g/mol. The second-order valence-corrected chi connectivity index (χ2v) is 10.5. The summed E-state index contributed by atoms with van der Waals surface area (Å²) in [4.78, 5) is 13.9. The molecule has 1 N–H and O–H groups in total. The molecule has 29 heavy (non-hydrogen) atoms. The fourth-order valence-electron chi connectivity index (χ4n) is 3.48. The SMILES string of the molecule is Cc1ccc(S(=O)(=O)N2CCCC(C(=O)Nc3ccccc3-n3cccn3)C2)s1. The predicted octanol–water partition coefficient (Wildman–Crippen LogP) is 3.28. The number of carbonyl (C=O) groups excluding carboxylic acids is 1. The van der Waals surface area contributed by atoms with E-state index in [1.54, 1.807) is 23.0 Å². The molecule has 1 saturated heterocycles. The number of sulfonamides is 1. The number of nitrogens with one attached hydrogen (secondary N) is 1. The number of piperidine rings is 1. The summed E-state index contributed by atoms with van der Waals surface area (Å²) in [6.07, 6.45) is 4.80. The van der Waals surface area contributed by atoms with Crippen molar-refractivity contribution in [3.8, 4) is 5.69 Å². The van der Waals surface area contributed by atoms with E-state index in [1.165, 1.54) is 15.6 Å². The molecular formula is C20H22N4O3S2. The molecule has 1 atom stereocenters. The smallest absolute Gasteiger partial charge is 0.252 e. The minimum absolute atomic E-state index is 0.174. The van der Waals surface area contributed by atoms with Gasteiger partial charge in [-0.25, -0.2) is 13.1 Å². The van der Waals surface area contributed by atoms with E-state index in [0.717, 1.165) is 10.6 Å². The Bertz CT molecular complexity index is 1110. The fraction of sp³-hybridized carbons (Fsp3) is 0.300. The van der Waals surface area contributed by atoms with E-state index < -0.39 is 15.9 Å². The maximum atomic E-state index is 12.9. The minimum Gasteiger partial charge on any atom is -0.324 e. The van der Waals surface area contributed by atoms with Crippen molar-refractivity contribution in [1.82, 2.24) is 14.1 Å². The van der Waals surface area contributed by atoms with Crippen LogP contribution in [-0.2, 0) is 14.8 Å². The second-order valence-electron chi connectivity index (χ2n) is 7.02. The van der Waals surface area contributed by atoms with Gasteiger partial charge in [0.2, 0.25) is 5.91 Å². The van der Waals surface area contributed by atoms with Gasteiger partial charge in [-0.3, -0.25) is 4.79 Å². The van der Waals surface area contributed by atoms with E-state index in [2.05, 4.69) is 10.4 Å². The number of thiophene rings is 1. The van der Waals surface area contributed by atoms with Crippen LogP contribution in [0.3, 0.4) is 0 Å². The van der Waals surface area contributed by atoms with Crippen LogP contribution in [-0.4, -0.2) is 41.5 Å². The Kier molecular flexibility index (Phi) is 5.53. The van der Waals surface area contributed by atoms with Gasteiger partial charge in [0, 0.05) is 30.4 Å². The number of hydrogen-bond donors (Lipinski definition) is 1. The van der Waals surface area contributed by atoms with Crippen molar-refractivity contribution in [1.29, 1.82) is 0 Å². The van der Waals surface area contributed by atoms with Gasteiger partial charge in [0.15, 0.2) is 0 Å². The normalized spacial score (nSPS) is 17.9. The number of aryl methyl sites for hydroxylation is 1. The Hall–Kier alpha value is -2.49. The van der Waals surface area contributed by atoms with Crippen LogP contribution >= 0.6 is 11.3 Å². The van der Waals surface area contributed by atoms with Gasteiger partial charge in [0.25, 0.3) is 10.0 Å². The summed E-state index contributed by atoms with van der Waals surface area (Å²) < 4.78 is 29.3. The summed E-state index contributed by atoms with van der Waals surface area (Å²) >= 11 is 1.26. The van der Waals surface area contributed by atoms with Crippen LogP contribution in [0.1, 0.15) is 17.7 Å². The zero-order valence-corrected chi connectivity index (χ0v) is 17.6. The van der Waals surface area contributed by atoms with Crippen LogP contribution in [0.25, 0.3) is 5.69 Å². The molecule has 1 aliphatic rings. The van der Waals surface area contributed by atoms with Gasteiger partial charge in [-0.15, -0.1) is 11.3 Å². The lowest BCUT2D eigenvalue weighted by atomic mass is 9.98. The van der Waals surface area contributed by atoms with E-state index in [-0.39, 0.29) is 12.5 Å². The first kappa shape index (κ1) is 19.8. The number of anilines is 1. The summed E-state index contributed by atoms with van der Waals surface area (Å²) in [6.45, 7) is 2.51. The molecule has 0 aliphatic carbocycles. The summed E-state index contributed by atoms with van der Waals surface area (Å²) in [5, 5.41) is 7.19. The predicted molar refractivity (Wildman–Crippen MR) is 113 cm³/mol. The molecule has 0 bridgehead atoms. The maximum absolute atomic E-state index is 12.9. The average Bonchev–Trinajstić information content (AvgIpc) is 3.41. The van der Waals surface area contributed by atoms with E-state index in [9.17, 15) is 13.2 Å². The van der Waals surface area contributed by atoms with Gasteiger partial charge < -0.3 is 5.32 Å². The monoisotopic (exact) mass is 430 g/mol. The van der Waals surface area contributed by atoms with Crippen LogP contribution in [0, 0.1) is 12.8 Å². The van der Waals surface area contributed by atoms with Crippen molar-refractivity contribution >= 4 is 33.0 Å². The fourth-order valence-corrected chi connectivity index (χ4v) is 6.44. The number of amides is 1. The molecule has 4 rings (SSSR count). The summed E-state index contributed by atoms with van der Waals surface area (Å²) in [5.41, 5.74) is 1.41. The quantitative estimate of drug-likeness (QED) is 0.673. The largest absolute Gasteiger partial charge is 0.324 e. The van der Waals surface area contributed by atoms with Crippen LogP contribution in [0.15, 0.2) is 59.1 Å². The summed E-state index contributed by atoms with van der Waals surface area (Å²) in [7, 11) is -3.57. The van der Waals surface area contributed by atoms with Crippen LogP contribution in [0.5, 0.6) is 0 Å². The summed E-state index contributed by atoms with van der Waals surface area (Å²) in [6, 6.07) is 12.7. The number of aromatic nitrogens is 2. The Labute approximate surface area is 174 Å². The molecule has 1 unspecified atom stereocenters. The van der Waals surface area contributed by atoms with Crippen LogP contribution < -0.4 is 5.32 Å². The number of para-hydroxylation sites is 2. The van der Waals surface area contributed by atoms with Crippen molar-refractivity contribution in [2.75, 3.05) is 18.4 Å². The molecule has 0 spiro atoms. The van der Waals surface area contributed by atoms with Gasteiger partial charge in [-0.05, 0) is 50.1 Å². The number of benzene rings is 1. The van der Waals surface area contributed by atoms with Crippen molar-refractivity contribution in [3.63, 3.8) is 0 Å². The van der Waals surface area contributed by atoms with E-state index in [4.69, 9.17) is 0 Å². The third kappa shape index (κ3) is 4.12. The van der Waals surface area contributed by atoms with Gasteiger partial charge in [-0.2, -0.15) is 9.40 Å². The van der Waals surface area contributed by atoms with Crippen molar-refractivity contribution in [3.05, 3.63) is 59.7 Å². The minimum atomic E-state index is -3.57. The van der Waals surface area contributed by atoms with Crippen molar-refractivity contribution < 1.29 is 13.2 Å². The summed E-state index contributed by atoms with van der Waals surface area (Å²) in [5.74, 6) is -0.572. The van der Waals surface area contributed by atoms with E-state index >= 15 is 0 Å². The number of carbonyl (C=O) groups is 1. The van der Waals surface area contributed by atoms with E-state index in [0.29, 0.717) is 29.3 Å². The highest BCUT2D eigenvalue weighted by molar-refractivity contribution is 7.91. The highest BCUT2D eigenvalue weighted by Crippen LogP contribution is 2.29. The molecule has 2 aromatic heterocycles. The zero-order valence-electron chi connectivity index (χ0n) is 16.0. The molecule has 0 saturated carbocycles. The molecular weight excluding hydrogens is 408 g/mol. The Morgan fingerprint density at radius 3 is 2.76 bits per heavy atom. The molecule has 3 heterocycles. The lowest BCUT2D eigenvalue weighted by Crippen LogP contribution is -2.43. The molecule has 1 aliphatic heterocycles. The number of nitrogens with zero attached hydrogens (tertiary/aromatic N) is 3. The molecule has 1 aromatic carbocycles. The highest BCUT2D eigenvalue weighted by Gasteiger charge is 2.34. The third-order valence-corrected chi connectivity index (χ3v) is 8.31. The first-order valence-electron chi connectivity index (χ1n) is 9.41. The van der Waals surface area contributed by atoms with Crippen LogP contribution in [0.4, 0.5) is 5.69 Å². The first-order valence-corrected chi connectivity index (χ1v) is 11.7. The zero-order chi connectivity index (χ0) is 20.4. The van der Waals surface area contributed by atoms with Gasteiger partial charge >= 0.3 is 0 Å². The topological polar surface area (TPSA) is 84.3 Å². The Balaban J connectivity index is 1.50. The molecule has 9 heteroatoms. The Morgan fingerprint density at radius 1 is 1.21 bits per heavy atom. The van der Waals surface area contributed by atoms with Crippen LogP contribution in [0.2, 0.25) is 0 Å². The first-order chi connectivity index (χ1) is 13.9. The lowest BCUT2D eigenvalue weighted by Gasteiger charge is -2.31. The van der Waals surface area contributed by atoms with E-state index in [1.807, 2.05) is 43.5 Å². The Morgan fingerprint density at radius 2 is 2.03 bits per heavy atom. The van der Waals surface area contributed by atoms with Gasteiger partial charge in [0.1, 0.15) is 4.21 Å². The molecule has 0 radical (unpaired) electrons. The third-order valence-electron chi connectivity index (χ3n) is 4.98. The molecule has 1 amide bonds.